The molecule has 0 bridgehead atoms. The van der Waals surface area contributed by atoms with Gasteiger partial charge in [0.2, 0.25) is 5.91 Å². The van der Waals surface area contributed by atoms with Crippen LogP contribution in [0, 0.1) is 6.92 Å². The number of benzene rings is 3. The monoisotopic (exact) mass is 398 g/mol. The lowest BCUT2D eigenvalue weighted by Gasteiger charge is -2.43. The molecule has 2 unspecified atom stereocenters. The van der Waals surface area contributed by atoms with Crippen molar-refractivity contribution < 1.29 is 9.59 Å². The molecule has 0 fully saturated rings. The van der Waals surface area contributed by atoms with E-state index in [1.165, 1.54) is 0 Å². The summed E-state index contributed by atoms with van der Waals surface area (Å²) in [6.07, 6.45) is 0.670. The average Bonchev–Trinajstić information content (AvgIpc) is 2.75. The molecule has 0 aromatic heterocycles. The van der Waals surface area contributed by atoms with E-state index in [1.807, 2.05) is 95.6 Å². The van der Waals surface area contributed by atoms with E-state index in [2.05, 4.69) is 6.92 Å². The summed E-state index contributed by atoms with van der Waals surface area (Å²) in [6.45, 7) is 5.69. The average molecular weight is 399 g/mol. The molecule has 0 spiro atoms. The second-order valence-corrected chi connectivity index (χ2v) is 7.93. The summed E-state index contributed by atoms with van der Waals surface area (Å²) in [5.41, 5.74) is 4.56. The van der Waals surface area contributed by atoms with Gasteiger partial charge in [0.15, 0.2) is 0 Å². The van der Waals surface area contributed by atoms with Crippen molar-refractivity contribution in [2.24, 2.45) is 0 Å². The van der Waals surface area contributed by atoms with Crippen LogP contribution in [-0.4, -0.2) is 17.9 Å². The number of carbonyl (C=O) groups excluding carboxylic acids is 2. The van der Waals surface area contributed by atoms with Crippen LogP contribution < -0.4 is 9.80 Å². The first kappa shape index (κ1) is 19.9. The Balaban J connectivity index is 1.78. The minimum Gasteiger partial charge on any atom is -0.305 e. The van der Waals surface area contributed by atoms with Crippen molar-refractivity contribution in [3.63, 3.8) is 0 Å². The SMILES string of the molecule is CC(=O)N(c1ccc(C)cc1)C1CC(C)N(C(=O)c2ccccc2)c2ccccc21. The van der Waals surface area contributed by atoms with Gasteiger partial charge in [0.1, 0.15) is 0 Å². The Bertz CT molecular complexity index is 1060. The number of fused-ring (bicyclic) bond motifs is 1. The maximum absolute atomic E-state index is 13.3. The lowest BCUT2D eigenvalue weighted by Crippen LogP contribution is -2.47. The number of rotatable bonds is 3. The van der Waals surface area contributed by atoms with E-state index in [4.69, 9.17) is 0 Å². The minimum absolute atomic E-state index is 0.00584. The molecule has 1 heterocycles. The van der Waals surface area contributed by atoms with E-state index in [1.54, 1.807) is 6.92 Å². The molecule has 2 atom stereocenters. The lowest BCUT2D eigenvalue weighted by atomic mass is 9.89. The third-order valence-electron chi connectivity index (χ3n) is 5.76. The Hall–Kier alpha value is -3.40. The van der Waals surface area contributed by atoms with Crippen molar-refractivity contribution >= 4 is 23.2 Å². The predicted octanol–water partition coefficient (Wildman–Crippen LogP) is 5.53. The first-order chi connectivity index (χ1) is 14.5. The van der Waals surface area contributed by atoms with E-state index in [0.29, 0.717) is 12.0 Å². The first-order valence-corrected chi connectivity index (χ1v) is 10.3. The van der Waals surface area contributed by atoms with Crippen molar-refractivity contribution in [2.45, 2.75) is 39.3 Å². The van der Waals surface area contributed by atoms with Gasteiger partial charge in [-0.25, -0.2) is 0 Å². The molecule has 0 saturated heterocycles. The molecule has 2 amide bonds. The number of anilines is 2. The number of nitrogens with zero attached hydrogens (tertiary/aromatic N) is 2. The highest BCUT2D eigenvalue weighted by Gasteiger charge is 2.37. The maximum Gasteiger partial charge on any atom is 0.258 e. The Morgan fingerprint density at radius 2 is 1.53 bits per heavy atom. The van der Waals surface area contributed by atoms with Gasteiger partial charge in [0, 0.05) is 29.9 Å². The molecular weight excluding hydrogens is 372 g/mol. The van der Waals surface area contributed by atoms with E-state index in [0.717, 1.165) is 22.5 Å². The van der Waals surface area contributed by atoms with Crippen LogP contribution in [0.3, 0.4) is 0 Å². The molecule has 4 rings (SSSR count). The van der Waals surface area contributed by atoms with Gasteiger partial charge in [-0.05, 0) is 56.2 Å². The summed E-state index contributed by atoms with van der Waals surface area (Å²) in [6, 6.07) is 25.1. The number of para-hydroxylation sites is 1. The standard InChI is InChI=1S/C26H26N2O2/c1-18-13-15-22(16-14-18)28(20(3)29)25-17-19(2)27(24-12-8-7-11-23(24)25)26(30)21-9-5-4-6-10-21/h4-16,19,25H,17H2,1-3H3. The van der Waals surface area contributed by atoms with Crippen LogP contribution in [0.2, 0.25) is 0 Å². The molecule has 3 aromatic carbocycles. The summed E-state index contributed by atoms with van der Waals surface area (Å²) < 4.78 is 0. The molecule has 0 aliphatic carbocycles. The lowest BCUT2D eigenvalue weighted by molar-refractivity contribution is -0.117. The largest absolute Gasteiger partial charge is 0.305 e. The number of aryl methyl sites for hydroxylation is 1. The molecule has 4 heteroatoms. The highest BCUT2D eigenvalue weighted by molar-refractivity contribution is 6.07. The Kier molecular flexibility index (Phi) is 5.40. The Morgan fingerprint density at radius 3 is 2.20 bits per heavy atom. The molecular formula is C26H26N2O2. The molecule has 152 valence electrons. The highest BCUT2D eigenvalue weighted by atomic mass is 16.2. The van der Waals surface area contributed by atoms with Gasteiger partial charge >= 0.3 is 0 Å². The van der Waals surface area contributed by atoms with E-state index in [9.17, 15) is 9.59 Å². The van der Waals surface area contributed by atoms with Gasteiger partial charge in [-0.15, -0.1) is 0 Å². The fourth-order valence-electron chi connectivity index (χ4n) is 4.34. The van der Waals surface area contributed by atoms with Gasteiger partial charge in [-0.3, -0.25) is 9.59 Å². The smallest absolute Gasteiger partial charge is 0.258 e. The van der Waals surface area contributed by atoms with Gasteiger partial charge in [0.05, 0.1) is 6.04 Å². The molecule has 0 saturated carbocycles. The fourth-order valence-corrected chi connectivity index (χ4v) is 4.34. The maximum atomic E-state index is 13.3. The van der Waals surface area contributed by atoms with Crippen LogP contribution in [0.4, 0.5) is 11.4 Å². The van der Waals surface area contributed by atoms with Crippen LogP contribution in [0.5, 0.6) is 0 Å². The van der Waals surface area contributed by atoms with Crippen molar-refractivity contribution in [3.05, 3.63) is 95.6 Å². The van der Waals surface area contributed by atoms with Crippen LogP contribution in [0.15, 0.2) is 78.9 Å². The molecule has 1 aliphatic heterocycles. The second-order valence-electron chi connectivity index (χ2n) is 7.93. The van der Waals surface area contributed by atoms with E-state index >= 15 is 0 Å². The molecule has 3 aromatic rings. The number of amides is 2. The summed E-state index contributed by atoms with van der Waals surface area (Å²) >= 11 is 0. The van der Waals surface area contributed by atoms with Crippen LogP contribution >= 0.6 is 0 Å². The summed E-state index contributed by atoms with van der Waals surface area (Å²) in [4.78, 5) is 29.8. The van der Waals surface area contributed by atoms with E-state index < -0.39 is 0 Å². The van der Waals surface area contributed by atoms with Crippen molar-refractivity contribution in [3.8, 4) is 0 Å². The minimum atomic E-state index is -0.128. The number of hydrogen-bond donors (Lipinski definition) is 0. The van der Waals surface area contributed by atoms with Crippen molar-refractivity contribution in [1.29, 1.82) is 0 Å². The third-order valence-corrected chi connectivity index (χ3v) is 5.76. The summed E-state index contributed by atoms with van der Waals surface area (Å²) in [5.74, 6) is -0.0209. The fraction of sp³-hybridized carbons (Fsp3) is 0.231. The third kappa shape index (κ3) is 3.61. The first-order valence-electron chi connectivity index (χ1n) is 10.3. The Morgan fingerprint density at radius 1 is 0.900 bits per heavy atom. The Labute approximate surface area is 177 Å². The zero-order chi connectivity index (χ0) is 21.3. The van der Waals surface area contributed by atoms with Crippen molar-refractivity contribution in [1.82, 2.24) is 0 Å². The molecule has 30 heavy (non-hydrogen) atoms. The van der Waals surface area contributed by atoms with Gasteiger partial charge in [-0.2, -0.15) is 0 Å². The van der Waals surface area contributed by atoms with Gasteiger partial charge in [0.25, 0.3) is 5.91 Å². The molecule has 4 nitrogen and oxygen atoms in total. The van der Waals surface area contributed by atoms with E-state index in [-0.39, 0.29) is 23.9 Å². The number of carbonyl (C=O) groups is 2. The zero-order valence-corrected chi connectivity index (χ0v) is 17.6. The molecule has 0 radical (unpaired) electrons. The van der Waals surface area contributed by atoms with Crippen LogP contribution in [0.25, 0.3) is 0 Å². The topological polar surface area (TPSA) is 40.6 Å². The van der Waals surface area contributed by atoms with Gasteiger partial charge in [-0.1, -0.05) is 54.1 Å². The highest BCUT2D eigenvalue weighted by Crippen LogP contribution is 2.42. The second kappa shape index (κ2) is 8.15. The summed E-state index contributed by atoms with van der Waals surface area (Å²) in [5, 5.41) is 0. The summed E-state index contributed by atoms with van der Waals surface area (Å²) in [7, 11) is 0. The normalized spacial score (nSPS) is 17.9. The quantitative estimate of drug-likeness (QED) is 0.582. The molecule has 1 aliphatic rings. The van der Waals surface area contributed by atoms with Crippen molar-refractivity contribution in [2.75, 3.05) is 9.80 Å². The number of hydrogen-bond acceptors (Lipinski definition) is 2. The van der Waals surface area contributed by atoms with Crippen LogP contribution in [-0.2, 0) is 4.79 Å². The zero-order valence-electron chi connectivity index (χ0n) is 17.6. The van der Waals surface area contributed by atoms with Crippen LogP contribution in [0.1, 0.15) is 47.8 Å². The van der Waals surface area contributed by atoms with Gasteiger partial charge < -0.3 is 9.80 Å². The molecule has 0 N–H and O–H groups in total. The predicted molar refractivity (Wildman–Crippen MR) is 121 cm³/mol.